The largest absolute Gasteiger partial charge is 0.481 e. The Hall–Kier alpha value is -1.98. The van der Waals surface area contributed by atoms with E-state index in [4.69, 9.17) is 0 Å². The Morgan fingerprint density at radius 3 is 2.43 bits per heavy atom. The van der Waals surface area contributed by atoms with Crippen LogP contribution in [0.2, 0.25) is 0 Å². The molecule has 1 saturated heterocycles. The van der Waals surface area contributed by atoms with Gasteiger partial charge in [0.25, 0.3) is 5.91 Å². The van der Waals surface area contributed by atoms with Crippen molar-refractivity contribution in [1.82, 2.24) is 4.90 Å². The van der Waals surface area contributed by atoms with Gasteiger partial charge in [-0.05, 0) is 31.4 Å². The fourth-order valence-corrected chi connectivity index (χ4v) is 2.70. The molecule has 1 heterocycles. The summed E-state index contributed by atoms with van der Waals surface area (Å²) in [7, 11) is 0. The van der Waals surface area contributed by atoms with Crippen LogP contribution in [0.5, 0.6) is 0 Å². The van der Waals surface area contributed by atoms with Crippen LogP contribution in [0.1, 0.15) is 36.5 Å². The average molecular weight is 297 g/mol. The van der Waals surface area contributed by atoms with Crippen molar-refractivity contribution in [2.24, 2.45) is 5.41 Å². The molecule has 4 nitrogen and oxygen atoms in total. The van der Waals surface area contributed by atoms with Gasteiger partial charge in [0.2, 0.25) is 0 Å². The van der Waals surface area contributed by atoms with Crippen molar-refractivity contribution in [3.63, 3.8) is 0 Å². The van der Waals surface area contributed by atoms with E-state index in [2.05, 4.69) is 0 Å². The zero-order valence-corrected chi connectivity index (χ0v) is 11.7. The van der Waals surface area contributed by atoms with Crippen molar-refractivity contribution in [3.8, 4) is 0 Å². The number of nitrogens with zero attached hydrogens (tertiary/aromatic N) is 1. The molecule has 1 amide bonds. The summed E-state index contributed by atoms with van der Waals surface area (Å²) < 4.78 is 26.8. The monoisotopic (exact) mass is 297 g/mol. The van der Waals surface area contributed by atoms with Gasteiger partial charge in [0.1, 0.15) is 0 Å². The third kappa shape index (κ3) is 2.75. The molecule has 1 aromatic rings. The molecule has 114 valence electrons. The summed E-state index contributed by atoms with van der Waals surface area (Å²) in [5.41, 5.74) is -1.13. The fraction of sp³-hybridized carbons (Fsp3) is 0.467. The topological polar surface area (TPSA) is 57.6 Å². The first kappa shape index (κ1) is 15.4. The molecule has 21 heavy (non-hydrogen) atoms. The zero-order valence-electron chi connectivity index (χ0n) is 11.7. The van der Waals surface area contributed by atoms with E-state index in [0.29, 0.717) is 19.3 Å². The normalized spacial score (nSPS) is 17.6. The Morgan fingerprint density at radius 2 is 1.90 bits per heavy atom. The van der Waals surface area contributed by atoms with Gasteiger partial charge in [-0.3, -0.25) is 9.59 Å². The van der Waals surface area contributed by atoms with Crippen LogP contribution in [0, 0.1) is 17.0 Å². The highest BCUT2D eigenvalue weighted by Crippen LogP contribution is 2.35. The molecule has 0 aromatic heterocycles. The average Bonchev–Trinajstić information content (AvgIpc) is 2.49. The number of hydrogen-bond donors (Lipinski definition) is 1. The van der Waals surface area contributed by atoms with E-state index in [1.807, 2.05) is 0 Å². The number of aliphatic carboxylic acids is 1. The maximum Gasteiger partial charge on any atom is 0.309 e. The van der Waals surface area contributed by atoms with Gasteiger partial charge in [-0.2, -0.15) is 0 Å². The lowest BCUT2D eigenvalue weighted by molar-refractivity contribution is -0.152. The Bertz CT molecular complexity index is 566. The van der Waals surface area contributed by atoms with Crippen molar-refractivity contribution < 1.29 is 23.5 Å². The minimum absolute atomic E-state index is 0.231. The Labute approximate surface area is 121 Å². The number of piperidine rings is 1. The second-order valence-corrected chi connectivity index (χ2v) is 5.33. The predicted molar refractivity (Wildman–Crippen MR) is 71.9 cm³/mol. The minimum atomic E-state index is -1.16. The number of benzene rings is 1. The van der Waals surface area contributed by atoms with Crippen LogP contribution < -0.4 is 0 Å². The molecule has 1 aliphatic rings. The number of likely N-dealkylation sites (tertiary alicyclic amines) is 1. The van der Waals surface area contributed by atoms with Gasteiger partial charge in [-0.1, -0.05) is 13.0 Å². The Balaban J connectivity index is 2.14. The summed E-state index contributed by atoms with van der Waals surface area (Å²) in [6, 6.07) is 3.47. The second kappa shape index (κ2) is 5.79. The third-order valence-corrected chi connectivity index (χ3v) is 4.32. The summed E-state index contributed by atoms with van der Waals surface area (Å²) in [5, 5.41) is 9.30. The standard InChI is InChI=1S/C15H17F2NO3/c1-2-15(14(20)21)6-8-18(9-7-15)13(19)10-4-3-5-11(16)12(10)17/h3-5H,2,6-9H2,1H3,(H,20,21). The third-order valence-electron chi connectivity index (χ3n) is 4.32. The summed E-state index contributed by atoms with van der Waals surface area (Å²) in [4.78, 5) is 24.9. The minimum Gasteiger partial charge on any atom is -0.481 e. The first-order chi connectivity index (χ1) is 9.91. The molecule has 2 rings (SSSR count). The second-order valence-electron chi connectivity index (χ2n) is 5.33. The summed E-state index contributed by atoms with van der Waals surface area (Å²) in [5.74, 6) is -3.68. The molecular weight excluding hydrogens is 280 g/mol. The van der Waals surface area contributed by atoms with Crippen LogP contribution in [0.3, 0.4) is 0 Å². The number of halogens is 2. The number of hydrogen-bond acceptors (Lipinski definition) is 2. The number of carbonyl (C=O) groups excluding carboxylic acids is 1. The van der Waals surface area contributed by atoms with Crippen LogP contribution in [0.4, 0.5) is 8.78 Å². The molecule has 6 heteroatoms. The molecule has 0 aliphatic carbocycles. The van der Waals surface area contributed by atoms with E-state index in [1.54, 1.807) is 6.92 Å². The quantitative estimate of drug-likeness (QED) is 0.933. The van der Waals surface area contributed by atoms with Gasteiger partial charge in [0, 0.05) is 13.1 Å². The number of carboxylic acids is 1. The van der Waals surface area contributed by atoms with Crippen molar-refractivity contribution in [2.45, 2.75) is 26.2 Å². The maximum atomic E-state index is 13.6. The molecule has 0 bridgehead atoms. The first-order valence-corrected chi connectivity index (χ1v) is 6.88. The Morgan fingerprint density at radius 1 is 1.29 bits per heavy atom. The number of carboxylic acid groups (broad SMARTS) is 1. The molecular formula is C15H17F2NO3. The number of carbonyl (C=O) groups is 2. The Kier molecular flexibility index (Phi) is 4.25. The van der Waals surface area contributed by atoms with E-state index in [1.165, 1.54) is 17.0 Å². The fourth-order valence-electron chi connectivity index (χ4n) is 2.70. The molecule has 0 radical (unpaired) electrons. The van der Waals surface area contributed by atoms with E-state index in [0.717, 1.165) is 6.07 Å². The SMILES string of the molecule is CCC1(C(=O)O)CCN(C(=O)c2cccc(F)c2F)CC1. The first-order valence-electron chi connectivity index (χ1n) is 6.88. The lowest BCUT2D eigenvalue weighted by Crippen LogP contribution is -2.46. The molecule has 0 saturated carbocycles. The molecule has 1 aliphatic heterocycles. The molecule has 0 unspecified atom stereocenters. The zero-order chi connectivity index (χ0) is 15.6. The maximum absolute atomic E-state index is 13.6. The molecule has 1 aromatic carbocycles. The van der Waals surface area contributed by atoms with Crippen LogP contribution in [0.25, 0.3) is 0 Å². The highest BCUT2D eigenvalue weighted by molar-refractivity contribution is 5.94. The number of amides is 1. The van der Waals surface area contributed by atoms with Crippen LogP contribution in [-0.2, 0) is 4.79 Å². The van der Waals surface area contributed by atoms with Crippen LogP contribution >= 0.6 is 0 Å². The smallest absolute Gasteiger partial charge is 0.309 e. The van der Waals surface area contributed by atoms with E-state index in [-0.39, 0.29) is 18.7 Å². The van der Waals surface area contributed by atoms with Crippen molar-refractivity contribution in [1.29, 1.82) is 0 Å². The van der Waals surface area contributed by atoms with Crippen LogP contribution in [-0.4, -0.2) is 35.0 Å². The van der Waals surface area contributed by atoms with Crippen molar-refractivity contribution in [3.05, 3.63) is 35.4 Å². The summed E-state index contributed by atoms with van der Waals surface area (Å²) in [6.45, 7) is 2.27. The molecule has 0 spiro atoms. The van der Waals surface area contributed by atoms with E-state index in [9.17, 15) is 23.5 Å². The molecule has 1 fully saturated rings. The van der Waals surface area contributed by atoms with Crippen molar-refractivity contribution in [2.75, 3.05) is 13.1 Å². The highest BCUT2D eigenvalue weighted by atomic mass is 19.2. The van der Waals surface area contributed by atoms with Gasteiger partial charge in [0.05, 0.1) is 11.0 Å². The lowest BCUT2D eigenvalue weighted by Gasteiger charge is -2.38. The molecule has 0 atom stereocenters. The van der Waals surface area contributed by atoms with Gasteiger partial charge < -0.3 is 10.0 Å². The van der Waals surface area contributed by atoms with Gasteiger partial charge in [-0.15, -0.1) is 0 Å². The summed E-state index contributed by atoms with van der Waals surface area (Å²) in [6.07, 6.45) is 1.13. The summed E-state index contributed by atoms with van der Waals surface area (Å²) >= 11 is 0. The lowest BCUT2D eigenvalue weighted by atomic mass is 9.76. The van der Waals surface area contributed by atoms with Crippen molar-refractivity contribution >= 4 is 11.9 Å². The van der Waals surface area contributed by atoms with Gasteiger partial charge in [0.15, 0.2) is 11.6 Å². The predicted octanol–water partition coefficient (Wildman–Crippen LogP) is 2.68. The van der Waals surface area contributed by atoms with Gasteiger partial charge >= 0.3 is 5.97 Å². The van der Waals surface area contributed by atoms with E-state index >= 15 is 0 Å². The highest BCUT2D eigenvalue weighted by Gasteiger charge is 2.41. The molecule has 1 N–H and O–H groups in total. The van der Waals surface area contributed by atoms with Gasteiger partial charge in [-0.25, -0.2) is 8.78 Å². The van der Waals surface area contributed by atoms with Crippen LogP contribution in [0.15, 0.2) is 18.2 Å². The number of rotatable bonds is 3. The van der Waals surface area contributed by atoms with E-state index < -0.39 is 28.9 Å².